The molecule has 2 rings (SSSR count). The van der Waals surface area contributed by atoms with E-state index in [4.69, 9.17) is 0 Å². The molecule has 0 bridgehead atoms. The van der Waals surface area contributed by atoms with Crippen LogP contribution in [-0.4, -0.2) is 18.1 Å². The highest BCUT2D eigenvalue weighted by molar-refractivity contribution is 7.11. The molecule has 0 atom stereocenters. The molecule has 0 aliphatic heterocycles. The molecule has 0 aromatic carbocycles. The number of aryl methyl sites for hydroxylation is 2. The topological polar surface area (TPSA) is 24.9 Å². The van der Waals surface area contributed by atoms with Gasteiger partial charge in [0.25, 0.3) is 0 Å². The van der Waals surface area contributed by atoms with Crippen LogP contribution in [0, 0.1) is 13.8 Å². The third-order valence-corrected chi connectivity index (χ3v) is 4.68. The van der Waals surface area contributed by atoms with E-state index in [1.165, 1.54) is 36.4 Å². The van der Waals surface area contributed by atoms with Crippen LogP contribution in [0.2, 0.25) is 0 Å². The Morgan fingerprint density at radius 2 is 1.87 bits per heavy atom. The second-order valence-electron chi connectivity index (χ2n) is 4.52. The number of rotatable bonds is 2. The minimum atomic E-state index is 0.746. The van der Waals surface area contributed by atoms with Gasteiger partial charge in [0.15, 0.2) is 0 Å². The van der Waals surface area contributed by atoms with Crippen LogP contribution in [0.25, 0.3) is 0 Å². The molecule has 1 heterocycles. The van der Waals surface area contributed by atoms with E-state index in [0.29, 0.717) is 0 Å². The van der Waals surface area contributed by atoms with E-state index in [9.17, 15) is 0 Å². The van der Waals surface area contributed by atoms with Gasteiger partial charge in [-0.3, -0.25) is 0 Å². The molecular formula is C12H20N2S. The standard InChI is InChI=1S/C12H20N2S/c1-8-12(15-9(2)14-8)10-4-6-11(13-3)7-5-10/h10-11,13H,4-7H2,1-3H3. The molecule has 1 aliphatic carbocycles. The average Bonchev–Trinajstić information content (AvgIpc) is 2.58. The maximum Gasteiger partial charge on any atom is 0.0900 e. The Balaban J connectivity index is 2.04. The number of hydrogen-bond donors (Lipinski definition) is 1. The zero-order valence-electron chi connectivity index (χ0n) is 9.84. The molecule has 0 spiro atoms. The first-order valence-electron chi connectivity index (χ1n) is 5.82. The van der Waals surface area contributed by atoms with E-state index >= 15 is 0 Å². The van der Waals surface area contributed by atoms with Gasteiger partial charge in [0.1, 0.15) is 0 Å². The van der Waals surface area contributed by atoms with Crippen molar-refractivity contribution in [2.24, 2.45) is 0 Å². The van der Waals surface area contributed by atoms with Crippen molar-refractivity contribution in [1.82, 2.24) is 10.3 Å². The van der Waals surface area contributed by atoms with Gasteiger partial charge < -0.3 is 5.32 Å². The molecule has 1 aliphatic rings. The number of aromatic nitrogens is 1. The second-order valence-corrected chi connectivity index (χ2v) is 5.75. The fourth-order valence-corrected chi connectivity index (χ4v) is 3.67. The highest BCUT2D eigenvalue weighted by atomic mass is 32.1. The lowest BCUT2D eigenvalue weighted by molar-refractivity contribution is 0.360. The van der Waals surface area contributed by atoms with Crippen LogP contribution in [-0.2, 0) is 0 Å². The fourth-order valence-electron chi connectivity index (χ4n) is 2.57. The van der Waals surface area contributed by atoms with Crippen LogP contribution in [0.1, 0.15) is 47.2 Å². The second kappa shape index (κ2) is 4.62. The molecule has 2 nitrogen and oxygen atoms in total. The molecule has 3 heteroatoms. The van der Waals surface area contributed by atoms with Crippen LogP contribution >= 0.6 is 11.3 Å². The molecule has 0 radical (unpaired) electrons. The predicted octanol–water partition coefficient (Wildman–Crippen LogP) is 3.01. The van der Waals surface area contributed by atoms with E-state index in [1.807, 2.05) is 11.3 Å². The maximum absolute atomic E-state index is 4.53. The van der Waals surface area contributed by atoms with Crippen molar-refractivity contribution in [3.63, 3.8) is 0 Å². The Morgan fingerprint density at radius 1 is 1.20 bits per heavy atom. The largest absolute Gasteiger partial charge is 0.317 e. The maximum atomic E-state index is 4.53. The summed E-state index contributed by atoms with van der Waals surface area (Å²) in [6.07, 6.45) is 5.29. The molecule has 0 amide bonds. The molecule has 1 aromatic rings. The summed E-state index contributed by atoms with van der Waals surface area (Å²) in [5.74, 6) is 0.779. The normalized spacial score (nSPS) is 26.9. The SMILES string of the molecule is CNC1CCC(c2sc(C)nc2C)CC1. The van der Waals surface area contributed by atoms with Gasteiger partial charge in [-0.25, -0.2) is 4.98 Å². The third-order valence-electron chi connectivity index (χ3n) is 3.45. The lowest BCUT2D eigenvalue weighted by Crippen LogP contribution is -2.29. The van der Waals surface area contributed by atoms with Crippen molar-refractivity contribution in [3.8, 4) is 0 Å². The van der Waals surface area contributed by atoms with Crippen molar-refractivity contribution in [1.29, 1.82) is 0 Å². The van der Waals surface area contributed by atoms with Crippen LogP contribution in [0.4, 0.5) is 0 Å². The number of thiazole rings is 1. The molecule has 15 heavy (non-hydrogen) atoms. The van der Waals surface area contributed by atoms with Crippen LogP contribution < -0.4 is 5.32 Å². The van der Waals surface area contributed by atoms with Crippen molar-refractivity contribution in [2.45, 2.75) is 51.5 Å². The van der Waals surface area contributed by atoms with E-state index < -0.39 is 0 Å². The zero-order chi connectivity index (χ0) is 10.8. The summed E-state index contributed by atoms with van der Waals surface area (Å²) < 4.78 is 0. The van der Waals surface area contributed by atoms with E-state index in [2.05, 4.69) is 31.2 Å². The first-order valence-corrected chi connectivity index (χ1v) is 6.63. The molecule has 1 N–H and O–H groups in total. The molecule has 0 saturated heterocycles. The summed E-state index contributed by atoms with van der Waals surface area (Å²) in [4.78, 5) is 6.07. The predicted molar refractivity (Wildman–Crippen MR) is 65.6 cm³/mol. The van der Waals surface area contributed by atoms with Gasteiger partial charge in [-0.2, -0.15) is 0 Å². The Hall–Kier alpha value is -0.410. The van der Waals surface area contributed by atoms with Crippen molar-refractivity contribution >= 4 is 11.3 Å². The lowest BCUT2D eigenvalue weighted by Gasteiger charge is -2.27. The number of hydrogen-bond acceptors (Lipinski definition) is 3. The minimum Gasteiger partial charge on any atom is -0.317 e. The van der Waals surface area contributed by atoms with E-state index in [-0.39, 0.29) is 0 Å². The highest BCUT2D eigenvalue weighted by Crippen LogP contribution is 2.37. The van der Waals surface area contributed by atoms with Gasteiger partial charge >= 0.3 is 0 Å². The summed E-state index contributed by atoms with van der Waals surface area (Å²) in [5.41, 5.74) is 1.27. The Bertz CT molecular complexity index is 324. The number of nitrogens with zero attached hydrogens (tertiary/aromatic N) is 1. The molecule has 1 aromatic heterocycles. The molecular weight excluding hydrogens is 204 g/mol. The fraction of sp³-hybridized carbons (Fsp3) is 0.750. The highest BCUT2D eigenvalue weighted by Gasteiger charge is 2.24. The summed E-state index contributed by atoms with van der Waals surface area (Å²) >= 11 is 1.90. The van der Waals surface area contributed by atoms with Crippen molar-refractivity contribution < 1.29 is 0 Å². The van der Waals surface area contributed by atoms with Crippen LogP contribution in [0.5, 0.6) is 0 Å². The Morgan fingerprint density at radius 3 is 2.33 bits per heavy atom. The van der Waals surface area contributed by atoms with Gasteiger partial charge in [-0.1, -0.05) is 0 Å². The van der Waals surface area contributed by atoms with Crippen molar-refractivity contribution in [3.05, 3.63) is 15.6 Å². The first-order chi connectivity index (χ1) is 7.20. The number of nitrogens with one attached hydrogen (secondary N) is 1. The molecule has 1 fully saturated rings. The molecule has 1 saturated carbocycles. The zero-order valence-corrected chi connectivity index (χ0v) is 10.7. The summed E-state index contributed by atoms with van der Waals surface area (Å²) in [6.45, 7) is 4.27. The smallest absolute Gasteiger partial charge is 0.0900 e. The van der Waals surface area contributed by atoms with E-state index in [0.717, 1.165) is 12.0 Å². The first kappa shape index (κ1) is 11.1. The monoisotopic (exact) mass is 224 g/mol. The Labute approximate surface area is 96.1 Å². The molecule has 84 valence electrons. The van der Waals surface area contributed by atoms with Gasteiger partial charge in [0, 0.05) is 10.9 Å². The summed E-state index contributed by atoms with van der Waals surface area (Å²) in [7, 11) is 2.08. The van der Waals surface area contributed by atoms with E-state index in [1.54, 1.807) is 4.88 Å². The van der Waals surface area contributed by atoms with Gasteiger partial charge in [0.2, 0.25) is 0 Å². The molecule has 0 unspecified atom stereocenters. The minimum absolute atomic E-state index is 0.746. The quantitative estimate of drug-likeness (QED) is 0.835. The van der Waals surface area contributed by atoms with Crippen LogP contribution in [0.3, 0.4) is 0 Å². The van der Waals surface area contributed by atoms with Crippen LogP contribution in [0.15, 0.2) is 0 Å². The summed E-state index contributed by atoms with van der Waals surface area (Å²) in [5, 5.41) is 4.60. The van der Waals surface area contributed by atoms with Gasteiger partial charge in [-0.05, 0) is 52.5 Å². The van der Waals surface area contributed by atoms with Gasteiger partial charge in [-0.15, -0.1) is 11.3 Å². The van der Waals surface area contributed by atoms with Gasteiger partial charge in [0.05, 0.1) is 10.7 Å². The Kier molecular flexibility index (Phi) is 3.42. The third kappa shape index (κ3) is 2.40. The summed E-state index contributed by atoms with van der Waals surface area (Å²) in [6, 6.07) is 0.746. The lowest BCUT2D eigenvalue weighted by atomic mass is 9.85. The average molecular weight is 224 g/mol. The van der Waals surface area contributed by atoms with Crippen molar-refractivity contribution in [2.75, 3.05) is 7.05 Å².